The van der Waals surface area contributed by atoms with E-state index in [0.717, 1.165) is 40.4 Å². The second kappa shape index (κ2) is 9.93. The van der Waals surface area contributed by atoms with Crippen LogP contribution in [-0.2, 0) is 6.42 Å². The summed E-state index contributed by atoms with van der Waals surface area (Å²) in [5.74, 6) is -3.29. The van der Waals surface area contributed by atoms with E-state index in [9.17, 15) is 13.6 Å². The minimum atomic E-state index is -3.11. The Morgan fingerprint density at radius 1 is 1.29 bits per heavy atom. The molecule has 9 heteroatoms. The molecular weight excluding hydrogens is 438 g/mol. The maximum Gasteiger partial charge on any atom is 0.272 e. The van der Waals surface area contributed by atoms with Crippen molar-refractivity contribution in [2.75, 3.05) is 5.32 Å². The van der Waals surface area contributed by atoms with Crippen LogP contribution in [0.2, 0.25) is 0 Å². The number of nitrogens with zero attached hydrogens (tertiary/aromatic N) is 1. The third-order valence-corrected chi connectivity index (χ3v) is 6.40. The van der Waals surface area contributed by atoms with Crippen LogP contribution >= 0.6 is 23.5 Å². The molecule has 1 heterocycles. The predicted molar refractivity (Wildman–Crippen MR) is 125 cm³/mol. The fourth-order valence-corrected chi connectivity index (χ4v) is 4.71. The number of nitrogens with one attached hydrogen (secondary N) is 2. The highest BCUT2D eigenvalue weighted by molar-refractivity contribution is 8.05. The van der Waals surface area contributed by atoms with Crippen LogP contribution in [0.4, 0.5) is 14.5 Å². The molecule has 0 bridgehead atoms. The number of nitrogens with two attached hydrogens (primary N) is 1. The number of fused-ring (bicyclic) bond motifs is 2. The van der Waals surface area contributed by atoms with Gasteiger partial charge < -0.3 is 16.5 Å². The molecular formula is C22H20F2N4OS2. The maximum atomic E-state index is 13.5. The van der Waals surface area contributed by atoms with Gasteiger partial charge >= 0.3 is 0 Å². The number of alkyl halides is 2. The average Bonchev–Trinajstić information content (AvgIpc) is 2.86. The summed E-state index contributed by atoms with van der Waals surface area (Å²) in [6, 6.07) is 13.1. The van der Waals surface area contributed by atoms with Crippen molar-refractivity contribution in [1.29, 1.82) is 5.41 Å². The summed E-state index contributed by atoms with van der Waals surface area (Å²) < 4.78 is 27.1. The molecule has 1 aliphatic heterocycles. The lowest BCUT2D eigenvalue weighted by Crippen LogP contribution is -2.14. The Kier molecular flexibility index (Phi) is 7.29. The number of hydrogen-bond donors (Lipinski definition) is 3. The van der Waals surface area contributed by atoms with E-state index >= 15 is 0 Å². The molecule has 1 aliphatic rings. The second-order valence-electron chi connectivity index (χ2n) is 6.68. The van der Waals surface area contributed by atoms with Gasteiger partial charge in [-0.15, -0.1) is 0 Å². The highest BCUT2D eigenvalue weighted by atomic mass is 32.2. The molecule has 5 nitrogen and oxygen atoms in total. The Morgan fingerprint density at radius 3 is 2.77 bits per heavy atom. The zero-order chi connectivity index (χ0) is 22.4. The monoisotopic (exact) mass is 458 g/mol. The number of amides is 1. The van der Waals surface area contributed by atoms with Gasteiger partial charge in [0.1, 0.15) is 0 Å². The van der Waals surface area contributed by atoms with Gasteiger partial charge in [0, 0.05) is 46.0 Å². The van der Waals surface area contributed by atoms with E-state index in [2.05, 4.69) is 10.3 Å². The van der Waals surface area contributed by atoms with Crippen LogP contribution in [0.15, 0.2) is 79.3 Å². The molecule has 4 N–H and O–H groups in total. The van der Waals surface area contributed by atoms with Crippen LogP contribution in [0.5, 0.6) is 0 Å². The SMILES string of the molecule is CC(F)(F)/C(C=N)=C/S/C(=C\N=CN)Cc1ccc2c(c1)NC(=O)c1ccccc1S2. The average molecular weight is 459 g/mol. The molecule has 0 saturated heterocycles. The molecule has 0 aromatic heterocycles. The van der Waals surface area contributed by atoms with Crippen molar-refractivity contribution >= 4 is 47.7 Å². The number of aliphatic imine (C=N–C) groups is 1. The number of thioether (sulfide) groups is 1. The van der Waals surface area contributed by atoms with Gasteiger partial charge in [0.05, 0.1) is 17.6 Å². The molecule has 0 saturated carbocycles. The molecule has 2 aromatic rings. The first-order valence-electron chi connectivity index (χ1n) is 9.21. The predicted octanol–water partition coefficient (Wildman–Crippen LogP) is 5.70. The van der Waals surface area contributed by atoms with Crippen molar-refractivity contribution in [1.82, 2.24) is 0 Å². The molecule has 31 heavy (non-hydrogen) atoms. The topological polar surface area (TPSA) is 91.3 Å². The molecule has 1 amide bonds. The van der Waals surface area contributed by atoms with Gasteiger partial charge in [0.2, 0.25) is 0 Å². The summed E-state index contributed by atoms with van der Waals surface area (Å²) >= 11 is 2.56. The lowest BCUT2D eigenvalue weighted by molar-refractivity contribution is 0.0709. The van der Waals surface area contributed by atoms with Crippen LogP contribution in [0.3, 0.4) is 0 Å². The quantitative estimate of drug-likeness (QED) is 0.367. The number of carbonyl (C=O) groups excluding carboxylic acids is 1. The third-order valence-electron chi connectivity index (χ3n) is 4.33. The molecule has 0 aliphatic carbocycles. The number of benzene rings is 2. The summed E-state index contributed by atoms with van der Waals surface area (Å²) in [7, 11) is 0. The van der Waals surface area contributed by atoms with E-state index in [1.54, 1.807) is 6.07 Å². The number of carbonyl (C=O) groups is 1. The van der Waals surface area contributed by atoms with E-state index in [1.165, 1.54) is 23.4 Å². The Hall–Kier alpha value is -2.91. The van der Waals surface area contributed by atoms with E-state index in [0.29, 0.717) is 28.8 Å². The Bertz CT molecular complexity index is 1090. The van der Waals surface area contributed by atoms with Crippen LogP contribution in [0.1, 0.15) is 22.8 Å². The molecule has 0 radical (unpaired) electrons. The first-order chi connectivity index (χ1) is 14.8. The van der Waals surface area contributed by atoms with Gasteiger partial charge in [-0.3, -0.25) is 4.79 Å². The smallest absolute Gasteiger partial charge is 0.272 e. The first-order valence-corrected chi connectivity index (χ1v) is 10.9. The van der Waals surface area contributed by atoms with E-state index in [-0.39, 0.29) is 5.91 Å². The number of hydrogen-bond acceptors (Lipinski definition) is 5. The molecule has 160 valence electrons. The van der Waals surface area contributed by atoms with Gasteiger partial charge in [-0.05, 0) is 35.2 Å². The summed E-state index contributed by atoms with van der Waals surface area (Å²) in [6.45, 7) is 0.747. The zero-order valence-electron chi connectivity index (χ0n) is 16.6. The van der Waals surface area contributed by atoms with Gasteiger partial charge in [-0.25, -0.2) is 13.8 Å². The normalized spacial score (nSPS) is 14.6. The zero-order valence-corrected chi connectivity index (χ0v) is 18.2. The minimum absolute atomic E-state index is 0.180. The lowest BCUT2D eigenvalue weighted by atomic mass is 10.1. The van der Waals surface area contributed by atoms with Crippen molar-refractivity contribution in [2.24, 2.45) is 10.7 Å². The van der Waals surface area contributed by atoms with Crippen molar-refractivity contribution in [2.45, 2.75) is 29.1 Å². The molecule has 0 unspecified atom stereocenters. The van der Waals surface area contributed by atoms with E-state index in [1.807, 2.05) is 36.4 Å². The van der Waals surface area contributed by atoms with Crippen molar-refractivity contribution in [3.63, 3.8) is 0 Å². The van der Waals surface area contributed by atoms with E-state index in [4.69, 9.17) is 11.1 Å². The largest absolute Gasteiger partial charge is 0.390 e. The highest BCUT2D eigenvalue weighted by Gasteiger charge is 2.26. The summed E-state index contributed by atoms with van der Waals surface area (Å²) in [5, 5.41) is 11.4. The van der Waals surface area contributed by atoms with Crippen LogP contribution < -0.4 is 11.1 Å². The van der Waals surface area contributed by atoms with E-state index < -0.39 is 11.5 Å². The third kappa shape index (κ3) is 5.83. The number of anilines is 1. The maximum absolute atomic E-state index is 13.5. The lowest BCUT2D eigenvalue weighted by Gasteiger charge is -2.12. The Morgan fingerprint density at radius 2 is 2.06 bits per heavy atom. The first kappa shape index (κ1) is 22.8. The summed E-state index contributed by atoms with van der Waals surface area (Å²) in [5.41, 5.74) is 7.09. The minimum Gasteiger partial charge on any atom is -0.390 e. The highest BCUT2D eigenvalue weighted by Crippen LogP contribution is 2.39. The Labute approximate surface area is 187 Å². The number of halogens is 2. The molecule has 0 fully saturated rings. The van der Waals surface area contributed by atoms with Crippen LogP contribution in [0.25, 0.3) is 0 Å². The van der Waals surface area contributed by atoms with Gasteiger partial charge in [-0.1, -0.05) is 41.7 Å². The fraction of sp³-hybridized carbons (Fsp3) is 0.136. The van der Waals surface area contributed by atoms with Crippen molar-refractivity contribution in [3.05, 3.63) is 75.7 Å². The van der Waals surface area contributed by atoms with Gasteiger partial charge in [-0.2, -0.15) is 0 Å². The molecule has 2 aromatic carbocycles. The number of allylic oxidation sites excluding steroid dienone is 2. The van der Waals surface area contributed by atoms with Gasteiger partial charge in [0.25, 0.3) is 11.8 Å². The Balaban J connectivity index is 1.85. The van der Waals surface area contributed by atoms with Crippen molar-refractivity contribution < 1.29 is 13.6 Å². The van der Waals surface area contributed by atoms with Crippen LogP contribution in [0, 0.1) is 5.41 Å². The molecule has 0 spiro atoms. The van der Waals surface area contributed by atoms with Crippen molar-refractivity contribution in [3.8, 4) is 0 Å². The summed E-state index contributed by atoms with van der Waals surface area (Å²) in [4.78, 5) is 18.9. The number of rotatable bonds is 7. The molecule has 0 atom stereocenters. The molecule has 3 rings (SSSR count). The standard InChI is InChI=1S/C22H20F2N4OS2/c1-22(23,24)15(10-25)12-30-16(11-27-13-26)8-14-6-7-20-18(9-14)28-21(29)17-4-2-3-5-19(17)31-20/h2-7,9-13,25H,8H2,1H3,(H2,26,27)(H,28,29)/b15-12+,16-11-,25-10?. The van der Waals surface area contributed by atoms with Gasteiger partial charge in [0.15, 0.2) is 0 Å². The summed E-state index contributed by atoms with van der Waals surface area (Å²) in [6.07, 6.45) is 3.64. The second-order valence-corrected chi connectivity index (χ2v) is 8.76. The fourth-order valence-electron chi connectivity index (χ4n) is 2.77. The van der Waals surface area contributed by atoms with Crippen LogP contribution in [-0.4, -0.2) is 24.4 Å².